The summed E-state index contributed by atoms with van der Waals surface area (Å²) in [5.74, 6) is -0.457. The van der Waals surface area contributed by atoms with Crippen molar-refractivity contribution in [1.82, 2.24) is 5.32 Å². The molecule has 1 aromatic rings. The fourth-order valence-corrected chi connectivity index (χ4v) is 2.38. The van der Waals surface area contributed by atoms with Crippen LogP contribution in [0.15, 0.2) is 24.3 Å². The molecule has 0 aliphatic rings. The van der Waals surface area contributed by atoms with Crippen molar-refractivity contribution in [2.24, 2.45) is 11.1 Å². The molecule has 3 N–H and O–H groups in total. The lowest BCUT2D eigenvalue weighted by atomic mass is 9.81. The van der Waals surface area contributed by atoms with Crippen LogP contribution >= 0.6 is 0 Å². The van der Waals surface area contributed by atoms with Gasteiger partial charge in [0.1, 0.15) is 5.82 Å². The van der Waals surface area contributed by atoms with E-state index in [2.05, 4.69) is 5.32 Å². The second kappa shape index (κ2) is 6.56. The van der Waals surface area contributed by atoms with E-state index >= 15 is 0 Å². The van der Waals surface area contributed by atoms with Gasteiger partial charge in [-0.25, -0.2) is 4.39 Å². The van der Waals surface area contributed by atoms with Crippen LogP contribution in [0.25, 0.3) is 0 Å². The SMILES string of the molecule is CCCC(C)(N)C(=O)NC(c1ccc(F)cc1)C(C)(C)C. The van der Waals surface area contributed by atoms with Crippen molar-refractivity contribution in [2.75, 3.05) is 0 Å². The Bertz CT molecular complexity index is 475. The summed E-state index contributed by atoms with van der Waals surface area (Å²) in [7, 11) is 0. The zero-order valence-electron chi connectivity index (χ0n) is 13.7. The Kier molecular flexibility index (Phi) is 5.51. The Balaban J connectivity index is 3.01. The number of carbonyl (C=O) groups is 1. The molecule has 1 amide bonds. The van der Waals surface area contributed by atoms with Crippen LogP contribution in [0.1, 0.15) is 59.1 Å². The van der Waals surface area contributed by atoms with E-state index in [-0.39, 0.29) is 23.2 Å². The van der Waals surface area contributed by atoms with Gasteiger partial charge >= 0.3 is 0 Å². The highest BCUT2D eigenvalue weighted by molar-refractivity contribution is 5.86. The quantitative estimate of drug-likeness (QED) is 0.872. The fraction of sp³-hybridized carbons (Fsp3) is 0.588. The molecule has 0 saturated heterocycles. The molecule has 118 valence electrons. The van der Waals surface area contributed by atoms with Crippen molar-refractivity contribution in [3.63, 3.8) is 0 Å². The van der Waals surface area contributed by atoms with Gasteiger partial charge in [0.05, 0.1) is 11.6 Å². The summed E-state index contributed by atoms with van der Waals surface area (Å²) in [6.45, 7) is 9.86. The maximum atomic E-state index is 13.1. The predicted molar refractivity (Wildman–Crippen MR) is 84.2 cm³/mol. The number of hydrogen-bond acceptors (Lipinski definition) is 2. The minimum Gasteiger partial charge on any atom is -0.347 e. The number of carbonyl (C=O) groups excluding carboxylic acids is 1. The topological polar surface area (TPSA) is 55.1 Å². The smallest absolute Gasteiger partial charge is 0.240 e. The molecular weight excluding hydrogens is 267 g/mol. The van der Waals surface area contributed by atoms with Crippen molar-refractivity contribution >= 4 is 5.91 Å². The molecule has 1 aromatic carbocycles. The third kappa shape index (κ3) is 4.81. The number of nitrogens with two attached hydrogens (primary N) is 1. The number of amides is 1. The predicted octanol–water partition coefficient (Wildman–Crippen LogP) is 3.55. The summed E-state index contributed by atoms with van der Waals surface area (Å²) in [6.07, 6.45) is 1.47. The fourth-order valence-electron chi connectivity index (χ4n) is 2.38. The van der Waals surface area contributed by atoms with E-state index in [1.807, 2.05) is 27.7 Å². The van der Waals surface area contributed by atoms with Crippen molar-refractivity contribution in [1.29, 1.82) is 0 Å². The van der Waals surface area contributed by atoms with Crippen LogP contribution in [-0.4, -0.2) is 11.4 Å². The van der Waals surface area contributed by atoms with Gasteiger partial charge < -0.3 is 11.1 Å². The second-order valence-corrected chi connectivity index (χ2v) is 6.99. The van der Waals surface area contributed by atoms with Crippen LogP contribution in [0, 0.1) is 11.2 Å². The van der Waals surface area contributed by atoms with E-state index in [4.69, 9.17) is 5.73 Å². The monoisotopic (exact) mass is 294 g/mol. The number of rotatable bonds is 5. The number of benzene rings is 1. The van der Waals surface area contributed by atoms with E-state index in [1.165, 1.54) is 12.1 Å². The Hall–Kier alpha value is -1.42. The number of hydrogen-bond donors (Lipinski definition) is 2. The summed E-state index contributed by atoms with van der Waals surface area (Å²) < 4.78 is 13.1. The van der Waals surface area contributed by atoms with Gasteiger partial charge in [-0.05, 0) is 36.5 Å². The molecule has 0 fully saturated rings. The third-order valence-electron chi connectivity index (χ3n) is 3.63. The normalized spacial score (nSPS) is 16.1. The first-order valence-corrected chi connectivity index (χ1v) is 7.43. The molecule has 0 heterocycles. The van der Waals surface area contributed by atoms with Crippen molar-refractivity contribution in [3.05, 3.63) is 35.6 Å². The van der Waals surface area contributed by atoms with Gasteiger partial charge in [0, 0.05) is 0 Å². The van der Waals surface area contributed by atoms with Gasteiger partial charge in [0.15, 0.2) is 0 Å². The van der Waals surface area contributed by atoms with Crippen LogP contribution in [0.2, 0.25) is 0 Å². The minimum absolute atomic E-state index is 0.173. The van der Waals surface area contributed by atoms with Crippen LogP contribution in [-0.2, 0) is 4.79 Å². The molecule has 0 aliphatic heterocycles. The molecule has 2 unspecified atom stereocenters. The van der Waals surface area contributed by atoms with E-state index in [0.29, 0.717) is 6.42 Å². The third-order valence-corrected chi connectivity index (χ3v) is 3.63. The highest BCUT2D eigenvalue weighted by Gasteiger charge is 2.33. The maximum absolute atomic E-state index is 13.1. The van der Waals surface area contributed by atoms with E-state index < -0.39 is 5.54 Å². The molecule has 0 bridgehead atoms. The van der Waals surface area contributed by atoms with Gasteiger partial charge in [-0.2, -0.15) is 0 Å². The molecular formula is C17H27FN2O. The molecule has 4 heteroatoms. The van der Waals surface area contributed by atoms with Gasteiger partial charge in [-0.15, -0.1) is 0 Å². The first-order valence-electron chi connectivity index (χ1n) is 7.43. The van der Waals surface area contributed by atoms with E-state index in [0.717, 1.165) is 12.0 Å². The summed E-state index contributed by atoms with van der Waals surface area (Å²) in [5.41, 5.74) is 5.88. The van der Waals surface area contributed by atoms with Gasteiger partial charge in [-0.1, -0.05) is 46.2 Å². The summed E-state index contributed by atoms with van der Waals surface area (Å²) in [5, 5.41) is 3.03. The van der Waals surface area contributed by atoms with Crippen molar-refractivity contribution in [2.45, 2.75) is 59.0 Å². The highest BCUT2D eigenvalue weighted by atomic mass is 19.1. The first-order chi connectivity index (χ1) is 9.58. The van der Waals surface area contributed by atoms with Crippen molar-refractivity contribution < 1.29 is 9.18 Å². The maximum Gasteiger partial charge on any atom is 0.240 e. The molecule has 0 radical (unpaired) electrons. The molecule has 1 rings (SSSR count). The standard InChI is InChI=1S/C17H27FN2O/c1-6-11-17(5,19)15(21)20-14(16(2,3)4)12-7-9-13(18)10-8-12/h7-10,14H,6,11,19H2,1-5H3,(H,20,21). The second-order valence-electron chi connectivity index (χ2n) is 6.99. The highest BCUT2D eigenvalue weighted by Crippen LogP contribution is 2.33. The van der Waals surface area contributed by atoms with Crippen molar-refractivity contribution in [3.8, 4) is 0 Å². The zero-order valence-corrected chi connectivity index (χ0v) is 13.7. The molecule has 0 aromatic heterocycles. The van der Waals surface area contributed by atoms with Gasteiger partial charge in [-0.3, -0.25) is 4.79 Å². The Labute approximate surface area is 127 Å². The average Bonchev–Trinajstić information content (AvgIpc) is 2.35. The Morgan fingerprint density at radius 3 is 2.19 bits per heavy atom. The van der Waals surface area contributed by atoms with Gasteiger partial charge in [0.2, 0.25) is 5.91 Å². The lowest BCUT2D eigenvalue weighted by Crippen LogP contribution is -2.53. The zero-order chi connectivity index (χ0) is 16.3. The molecule has 0 spiro atoms. The minimum atomic E-state index is -0.891. The lowest BCUT2D eigenvalue weighted by molar-refractivity contribution is -0.127. The molecule has 0 aliphatic carbocycles. The lowest BCUT2D eigenvalue weighted by Gasteiger charge is -2.35. The van der Waals surface area contributed by atoms with E-state index in [9.17, 15) is 9.18 Å². The average molecular weight is 294 g/mol. The summed E-state index contributed by atoms with van der Waals surface area (Å²) in [4.78, 5) is 12.4. The van der Waals surface area contributed by atoms with Crippen LogP contribution in [0.3, 0.4) is 0 Å². The summed E-state index contributed by atoms with van der Waals surface area (Å²) >= 11 is 0. The number of halogens is 1. The Morgan fingerprint density at radius 1 is 1.24 bits per heavy atom. The van der Waals surface area contributed by atoms with Crippen LogP contribution in [0.4, 0.5) is 4.39 Å². The molecule has 21 heavy (non-hydrogen) atoms. The first kappa shape index (κ1) is 17.6. The van der Waals surface area contributed by atoms with Crippen LogP contribution in [0.5, 0.6) is 0 Å². The molecule has 2 atom stereocenters. The molecule has 0 saturated carbocycles. The van der Waals surface area contributed by atoms with Crippen LogP contribution < -0.4 is 11.1 Å². The summed E-state index contributed by atoms with van der Waals surface area (Å²) in [6, 6.07) is 6.02. The van der Waals surface area contributed by atoms with E-state index in [1.54, 1.807) is 19.1 Å². The molecule has 3 nitrogen and oxygen atoms in total. The number of nitrogens with one attached hydrogen (secondary N) is 1. The Morgan fingerprint density at radius 2 is 1.76 bits per heavy atom. The van der Waals surface area contributed by atoms with Gasteiger partial charge in [0.25, 0.3) is 0 Å². The largest absolute Gasteiger partial charge is 0.347 e.